The summed E-state index contributed by atoms with van der Waals surface area (Å²) in [5, 5.41) is 0. The summed E-state index contributed by atoms with van der Waals surface area (Å²) in [4.78, 5) is 12.7. The first-order chi connectivity index (χ1) is 11.1. The molecule has 1 fully saturated rings. The zero-order valence-electron chi connectivity index (χ0n) is 13.0. The van der Waals surface area contributed by atoms with Crippen LogP contribution in [0.5, 0.6) is 0 Å². The van der Waals surface area contributed by atoms with Crippen molar-refractivity contribution in [1.82, 2.24) is 0 Å². The van der Waals surface area contributed by atoms with Crippen molar-refractivity contribution in [3.63, 3.8) is 0 Å². The summed E-state index contributed by atoms with van der Waals surface area (Å²) in [6, 6.07) is 15.2. The Bertz CT molecular complexity index is 703. The molecule has 1 aliphatic rings. The number of hydrogen-bond acceptors (Lipinski definition) is 3. The van der Waals surface area contributed by atoms with Crippen LogP contribution < -0.4 is 11.5 Å². The number of carbonyl (C=O) groups is 1. The van der Waals surface area contributed by atoms with Crippen LogP contribution in [0.1, 0.15) is 30.4 Å². The number of allylic oxidation sites excluding steroid dienone is 2. The molecule has 23 heavy (non-hydrogen) atoms. The van der Waals surface area contributed by atoms with Gasteiger partial charge in [0, 0.05) is 22.5 Å². The predicted octanol–water partition coefficient (Wildman–Crippen LogP) is 4.07. The van der Waals surface area contributed by atoms with E-state index in [1.165, 1.54) is 0 Å². The van der Waals surface area contributed by atoms with Crippen LogP contribution in [0.25, 0.3) is 12.2 Å². The Balaban J connectivity index is 1.86. The van der Waals surface area contributed by atoms with Crippen molar-refractivity contribution in [3.8, 4) is 0 Å². The van der Waals surface area contributed by atoms with Crippen LogP contribution in [0.4, 0.5) is 11.4 Å². The Labute approximate surface area is 136 Å². The van der Waals surface area contributed by atoms with Gasteiger partial charge in [0.15, 0.2) is 5.78 Å². The highest BCUT2D eigenvalue weighted by atomic mass is 16.1. The molecule has 0 atom stereocenters. The van der Waals surface area contributed by atoms with Gasteiger partial charge in [-0.2, -0.15) is 0 Å². The second-order valence-electron chi connectivity index (χ2n) is 5.86. The third kappa shape index (κ3) is 3.69. The summed E-state index contributed by atoms with van der Waals surface area (Å²) in [6.07, 6.45) is 6.58. The zero-order valence-corrected chi connectivity index (χ0v) is 13.0. The largest absolute Gasteiger partial charge is 0.399 e. The molecule has 4 N–H and O–H groups in total. The van der Waals surface area contributed by atoms with Gasteiger partial charge in [0.05, 0.1) is 0 Å². The normalized spacial score (nSPS) is 18.5. The van der Waals surface area contributed by atoms with Gasteiger partial charge in [0.25, 0.3) is 0 Å². The Morgan fingerprint density at radius 2 is 1.09 bits per heavy atom. The first-order valence-electron chi connectivity index (χ1n) is 7.79. The van der Waals surface area contributed by atoms with Crippen molar-refractivity contribution in [3.05, 3.63) is 70.8 Å². The quantitative estimate of drug-likeness (QED) is 0.649. The number of ketones is 1. The first kappa shape index (κ1) is 15.1. The summed E-state index contributed by atoms with van der Waals surface area (Å²) in [6.45, 7) is 0. The van der Waals surface area contributed by atoms with Crippen molar-refractivity contribution in [2.24, 2.45) is 0 Å². The third-order valence-corrected chi connectivity index (χ3v) is 4.03. The summed E-state index contributed by atoms with van der Waals surface area (Å²) in [5.41, 5.74) is 16.6. The number of nitrogen functional groups attached to an aromatic ring is 2. The zero-order chi connectivity index (χ0) is 16.2. The summed E-state index contributed by atoms with van der Waals surface area (Å²) >= 11 is 0. The fourth-order valence-electron chi connectivity index (χ4n) is 2.76. The molecule has 116 valence electrons. The topological polar surface area (TPSA) is 69.1 Å². The fourth-order valence-corrected chi connectivity index (χ4v) is 2.76. The number of carbonyl (C=O) groups excluding carboxylic acids is 1. The highest BCUT2D eigenvalue weighted by Gasteiger charge is 2.20. The lowest BCUT2D eigenvalue weighted by Crippen LogP contribution is -2.12. The van der Waals surface area contributed by atoms with Crippen LogP contribution in [0, 0.1) is 0 Å². The lowest BCUT2D eigenvalue weighted by Gasteiger charge is -2.16. The van der Waals surface area contributed by atoms with Gasteiger partial charge in [0.2, 0.25) is 0 Å². The minimum Gasteiger partial charge on any atom is -0.399 e. The molecule has 3 nitrogen and oxygen atoms in total. The molecule has 0 spiro atoms. The van der Waals surface area contributed by atoms with Crippen LogP contribution in [0.15, 0.2) is 59.7 Å². The van der Waals surface area contributed by atoms with E-state index in [9.17, 15) is 4.79 Å². The number of Topliss-reactive ketones (excluding diaryl/α,β-unsaturated/α-hetero) is 1. The molecule has 3 heteroatoms. The van der Waals surface area contributed by atoms with E-state index in [1.807, 2.05) is 60.7 Å². The van der Waals surface area contributed by atoms with Crippen LogP contribution in [0.3, 0.4) is 0 Å². The highest BCUT2D eigenvalue weighted by molar-refractivity contribution is 6.13. The van der Waals surface area contributed by atoms with E-state index in [1.54, 1.807) is 0 Å². The van der Waals surface area contributed by atoms with Gasteiger partial charge in [-0.05, 0) is 66.8 Å². The van der Waals surface area contributed by atoms with Crippen LogP contribution in [0.2, 0.25) is 0 Å². The Morgan fingerprint density at radius 3 is 1.48 bits per heavy atom. The molecule has 0 unspecified atom stereocenters. The standard InChI is InChI=1S/C20H20N2O/c21-18-8-4-14(5-9-18)12-16-2-1-3-17(20(16)23)13-15-6-10-19(22)11-7-15/h4-13H,1-3,21-22H2/b16-12+,17-13+. The smallest absolute Gasteiger partial charge is 0.185 e. The molecule has 3 rings (SSSR count). The SMILES string of the molecule is Nc1ccc(/C=C2\CCC/C(=C\c3ccc(N)cc3)C2=O)cc1. The summed E-state index contributed by atoms with van der Waals surface area (Å²) in [5.74, 6) is 0.143. The summed E-state index contributed by atoms with van der Waals surface area (Å²) < 4.78 is 0. The molecule has 0 heterocycles. The minimum absolute atomic E-state index is 0.143. The maximum atomic E-state index is 12.7. The van der Waals surface area contributed by atoms with Gasteiger partial charge in [-0.3, -0.25) is 4.79 Å². The third-order valence-electron chi connectivity index (χ3n) is 4.03. The number of benzene rings is 2. The highest BCUT2D eigenvalue weighted by Crippen LogP contribution is 2.28. The molecule has 1 aliphatic carbocycles. The Kier molecular flexibility index (Phi) is 4.29. The van der Waals surface area contributed by atoms with Crippen molar-refractivity contribution >= 4 is 29.3 Å². The molecule has 2 aromatic rings. The molecule has 0 aromatic heterocycles. The van der Waals surface area contributed by atoms with Gasteiger partial charge >= 0.3 is 0 Å². The fraction of sp³-hybridized carbons (Fsp3) is 0.150. The molecule has 0 saturated heterocycles. The minimum atomic E-state index is 0.143. The molecular weight excluding hydrogens is 284 g/mol. The van der Waals surface area contributed by atoms with Crippen molar-refractivity contribution in [2.75, 3.05) is 11.5 Å². The predicted molar refractivity (Wildman–Crippen MR) is 96.5 cm³/mol. The second kappa shape index (κ2) is 6.53. The molecule has 0 bridgehead atoms. The lowest BCUT2D eigenvalue weighted by molar-refractivity contribution is -0.112. The molecule has 0 amide bonds. The number of anilines is 2. The van der Waals surface area contributed by atoms with E-state index in [0.29, 0.717) is 0 Å². The van der Waals surface area contributed by atoms with E-state index >= 15 is 0 Å². The van der Waals surface area contributed by atoms with Crippen LogP contribution in [-0.4, -0.2) is 5.78 Å². The molecule has 1 saturated carbocycles. The molecule has 2 aromatic carbocycles. The van der Waals surface area contributed by atoms with Gasteiger partial charge in [-0.1, -0.05) is 24.3 Å². The molecular formula is C20H20N2O. The van der Waals surface area contributed by atoms with Gasteiger partial charge in [-0.25, -0.2) is 0 Å². The lowest BCUT2D eigenvalue weighted by atomic mass is 9.87. The van der Waals surface area contributed by atoms with E-state index in [-0.39, 0.29) is 5.78 Å². The van der Waals surface area contributed by atoms with Crippen molar-refractivity contribution in [1.29, 1.82) is 0 Å². The van der Waals surface area contributed by atoms with E-state index in [2.05, 4.69) is 0 Å². The van der Waals surface area contributed by atoms with Crippen LogP contribution >= 0.6 is 0 Å². The Morgan fingerprint density at radius 1 is 0.696 bits per heavy atom. The molecule has 0 aliphatic heterocycles. The van der Waals surface area contributed by atoms with E-state index < -0.39 is 0 Å². The maximum absolute atomic E-state index is 12.7. The van der Waals surface area contributed by atoms with Crippen molar-refractivity contribution < 1.29 is 4.79 Å². The number of hydrogen-bond donors (Lipinski definition) is 2. The van der Waals surface area contributed by atoms with Gasteiger partial charge in [-0.15, -0.1) is 0 Å². The first-order valence-corrected chi connectivity index (χ1v) is 7.79. The Hall–Kier alpha value is -2.81. The molecule has 0 radical (unpaired) electrons. The van der Waals surface area contributed by atoms with E-state index in [0.717, 1.165) is 52.9 Å². The summed E-state index contributed by atoms with van der Waals surface area (Å²) in [7, 11) is 0. The van der Waals surface area contributed by atoms with Crippen molar-refractivity contribution in [2.45, 2.75) is 19.3 Å². The average Bonchev–Trinajstić information content (AvgIpc) is 2.55. The van der Waals surface area contributed by atoms with E-state index in [4.69, 9.17) is 11.5 Å². The second-order valence-corrected chi connectivity index (χ2v) is 5.86. The average molecular weight is 304 g/mol. The maximum Gasteiger partial charge on any atom is 0.185 e. The monoisotopic (exact) mass is 304 g/mol. The van der Waals surface area contributed by atoms with Crippen LogP contribution in [-0.2, 0) is 4.79 Å². The van der Waals surface area contributed by atoms with Gasteiger partial charge < -0.3 is 11.5 Å². The van der Waals surface area contributed by atoms with Gasteiger partial charge in [0.1, 0.15) is 0 Å². The number of rotatable bonds is 2. The number of nitrogens with two attached hydrogens (primary N) is 2.